The lowest BCUT2D eigenvalue weighted by Crippen LogP contribution is -2.13. The molecule has 1 N–H and O–H groups in total. The molecule has 0 saturated carbocycles. The van der Waals surface area contributed by atoms with E-state index in [1.54, 1.807) is 6.07 Å². The first-order chi connectivity index (χ1) is 13.6. The van der Waals surface area contributed by atoms with Crippen molar-refractivity contribution in [1.29, 1.82) is 5.26 Å². The van der Waals surface area contributed by atoms with Crippen molar-refractivity contribution in [2.45, 2.75) is 18.0 Å². The van der Waals surface area contributed by atoms with Crippen molar-refractivity contribution in [3.63, 3.8) is 0 Å². The predicted octanol–water partition coefficient (Wildman–Crippen LogP) is 4.33. The summed E-state index contributed by atoms with van der Waals surface area (Å²) in [5, 5.41) is 16.5. The minimum absolute atomic E-state index is 0.0447. The minimum atomic E-state index is -4.56. The Kier molecular flexibility index (Phi) is 5.45. The molecule has 150 valence electrons. The maximum atomic E-state index is 13.0. The lowest BCUT2D eigenvalue weighted by Gasteiger charge is -2.13. The molecule has 3 rings (SSSR count). The number of hydrogen-bond donors (Lipinski definition) is 1. The van der Waals surface area contributed by atoms with Gasteiger partial charge in [0.25, 0.3) is 10.0 Å². The standard InChI is InChI=1S/C17H11F3N4O3S2/c1-10-4-12(17(18,19)20)7-13(5-10)27-15-3-2-14(6-11(15)8-21)29(25,26)24-16-23-22-9-28-16/h2-7,9H,1H3,(H,23,24). The van der Waals surface area contributed by atoms with Gasteiger partial charge in [-0.2, -0.15) is 18.4 Å². The molecule has 0 aliphatic carbocycles. The van der Waals surface area contributed by atoms with Crippen molar-refractivity contribution in [2.75, 3.05) is 4.72 Å². The van der Waals surface area contributed by atoms with Gasteiger partial charge in [0.15, 0.2) is 0 Å². The number of anilines is 1. The predicted molar refractivity (Wildman–Crippen MR) is 98.1 cm³/mol. The lowest BCUT2D eigenvalue weighted by atomic mass is 10.1. The average molecular weight is 440 g/mol. The Morgan fingerprint density at radius 3 is 2.59 bits per heavy atom. The minimum Gasteiger partial charge on any atom is -0.456 e. The number of ether oxygens (including phenoxy) is 1. The molecule has 1 aromatic heterocycles. The van der Waals surface area contributed by atoms with Gasteiger partial charge in [0.1, 0.15) is 23.1 Å². The molecule has 0 radical (unpaired) electrons. The van der Waals surface area contributed by atoms with Crippen molar-refractivity contribution in [3.05, 3.63) is 58.6 Å². The number of nitriles is 1. The Hall–Kier alpha value is -3.17. The monoisotopic (exact) mass is 440 g/mol. The van der Waals surface area contributed by atoms with Gasteiger partial charge in [-0.15, -0.1) is 10.2 Å². The quantitative estimate of drug-likeness (QED) is 0.633. The number of nitrogens with zero attached hydrogens (tertiary/aromatic N) is 3. The number of aryl methyl sites for hydroxylation is 1. The summed E-state index contributed by atoms with van der Waals surface area (Å²) in [6, 6.07) is 8.34. The van der Waals surface area contributed by atoms with E-state index in [9.17, 15) is 26.9 Å². The number of rotatable bonds is 5. The van der Waals surface area contributed by atoms with E-state index in [2.05, 4.69) is 14.9 Å². The largest absolute Gasteiger partial charge is 0.456 e. The molecule has 7 nitrogen and oxygen atoms in total. The zero-order valence-electron chi connectivity index (χ0n) is 14.6. The number of halogens is 3. The van der Waals surface area contributed by atoms with E-state index in [1.807, 2.05) is 0 Å². The molecular weight excluding hydrogens is 429 g/mol. The van der Waals surface area contributed by atoms with Crippen molar-refractivity contribution in [2.24, 2.45) is 0 Å². The number of hydrogen-bond acceptors (Lipinski definition) is 7. The molecular formula is C17H11F3N4O3S2. The normalized spacial score (nSPS) is 11.7. The fourth-order valence-electron chi connectivity index (χ4n) is 2.34. The third-order valence-corrected chi connectivity index (χ3v) is 5.64. The summed E-state index contributed by atoms with van der Waals surface area (Å²) in [7, 11) is -4.04. The second kappa shape index (κ2) is 7.69. The molecule has 29 heavy (non-hydrogen) atoms. The van der Waals surface area contributed by atoms with E-state index < -0.39 is 21.8 Å². The molecule has 0 atom stereocenters. The zero-order chi connectivity index (χ0) is 21.2. The summed E-state index contributed by atoms with van der Waals surface area (Å²) >= 11 is 0.970. The number of alkyl halides is 3. The summed E-state index contributed by atoms with van der Waals surface area (Å²) in [5.41, 5.74) is 0.590. The maximum Gasteiger partial charge on any atom is 0.416 e. The molecule has 0 amide bonds. The van der Waals surface area contributed by atoms with Gasteiger partial charge < -0.3 is 4.74 Å². The maximum absolute atomic E-state index is 13.0. The van der Waals surface area contributed by atoms with Crippen molar-refractivity contribution < 1.29 is 26.3 Å². The number of sulfonamides is 1. The Morgan fingerprint density at radius 2 is 1.97 bits per heavy atom. The Morgan fingerprint density at radius 1 is 1.21 bits per heavy atom. The highest BCUT2D eigenvalue weighted by Gasteiger charge is 2.31. The number of nitrogens with one attached hydrogen (secondary N) is 1. The summed E-state index contributed by atoms with van der Waals surface area (Å²) in [5.74, 6) is -0.211. The van der Waals surface area contributed by atoms with E-state index >= 15 is 0 Å². The first-order valence-electron chi connectivity index (χ1n) is 7.78. The van der Waals surface area contributed by atoms with Crippen LogP contribution in [0.3, 0.4) is 0 Å². The van der Waals surface area contributed by atoms with Gasteiger partial charge in [0.05, 0.1) is 16.0 Å². The second-order valence-corrected chi connectivity index (χ2v) is 8.27. The highest BCUT2D eigenvalue weighted by molar-refractivity contribution is 7.93. The molecule has 3 aromatic rings. The van der Waals surface area contributed by atoms with Gasteiger partial charge in [-0.05, 0) is 48.9 Å². The average Bonchev–Trinajstić information content (AvgIpc) is 3.13. The Bertz CT molecular complexity index is 1190. The van der Waals surface area contributed by atoms with Crippen LogP contribution in [-0.4, -0.2) is 18.6 Å². The smallest absolute Gasteiger partial charge is 0.416 e. The van der Waals surface area contributed by atoms with Crippen molar-refractivity contribution >= 4 is 26.5 Å². The van der Waals surface area contributed by atoms with Crippen LogP contribution >= 0.6 is 11.3 Å². The van der Waals surface area contributed by atoms with Crippen molar-refractivity contribution in [1.82, 2.24) is 10.2 Å². The van der Waals surface area contributed by atoms with Gasteiger partial charge in [0.2, 0.25) is 5.13 Å². The van der Waals surface area contributed by atoms with Gasteiger partial charge in [-0.25, -0.2) is 8.42 Å². The zero-order valence-corrected chi connectivity index (χ0v) is 16.2. The highest BCUT2D eigenvalue weighted by Crippen LogP contribution is 2.35. The third-order valence-electron chi connectivity index (χ3n) is 3.57. The molecule has 0 bridgehead atoms. The molecule has 1 heterocycles. The summed E-state index contributed by atoms with van der Waals surface area (Å²) in [6.45, 7) is 1.47. The molecule has 0 unspecified atom stereocenters. The third kappa shape index (κ3) is 4.82. The second-order valence-electron chi connectivity index (χ2n) is 5.75. The molecule has 0 spiro atoms. The van der Waals surface area contributed by atoms with E-state index in [0.717, 1.165) is 29.5 Å². The number of aromatic nitrogens is 2. The lowest BCUT2D eigenvalue weighted by molar-refractivity contribution is -0.137. The van der Waals surface area contributed by atoms with Gasteiger partial charge in [-0.1, -0.05) is 11.3 Å². The molecule has 0 aliphatic heterocycles. The van der Waals surface area contributed by atoms with Crippen LogP contribution in [0.2, 0.25) is 0 Å². The van der Waals surface area contributed by atoms with Crippen LogP contribution in [-0.2, 0) is 16.2 Å². The van der Waals surface area contributed by atoms with Crippen LogP contribution in [0.1, 0.15) is 16.7 Å². The summed E-state index contributed by atoms with van der Waals surface area (Å²) in [4.78, 5) is -0.239. The summed E-state index contributed by atoms with van der Waals surface area (Å²) in [6.07, 6.45) is -4.56. The van der Waals surface area contributed by atoms with Crippen LogP contribution in [0, 0.1) is 18.3 Å². The SMILES string of the molecule is Cc1cc(Oc2ccc(S(=O)(=O)Nc3nncs3)cc2C#N)cc(C(F)(F)F)c1. The number of benzene rings is 2. The van der Waals surface area contributed by atoms with E-state index in [-0.39, 0.29) is 27.1 Å². The van der Waals surface area contributed by atoms with Crippen LogP contribution in [0.5, 0.6) is 11.5 Å². The van der Waals surface area contributed by atoms with Crippen LogP contribution in [0.4, 0.5) is 18.3 Å². The first-order valence-corrected chi connectivity index (χ1v) is 10.1. The van der Waals surface area contributed by atoms with Gasteiger partial charge >= 0.3 is 6.18 Å². The fraction of sp³-hybridized carbons (Fsp3) is 0.118. The molecule has 2 aromatic carbocycles. The van der Waals surface area contributed by atoms with E-state index in [0.29, 0.717) is 5.56 Å². The summed E-state index contributed by atoms with van der Waals surface area (Å²) < 4.78 is 71.4. The van der Waals surface area contributed by atoms with Crippen molar-refractivity contribution in [3.8, 4) is 17.6 Å². The van der Waals surface area contributed by atoms with Crippen LogP contribution < -0.4 is 9.46 Å². The Balaban J connectivity index is 1.93. The molecule has 0 aliphatic rings. The topological polar surface area (TPSA) is 105 Å². The molecule has 0 fully saturated rings. The fourth-order valence-corrected chi connectivity index (χ4v) is 4.06. The first kappa shape index (κ1) is 20.6. The van der Waals surface area contributed by atoms with E-state index in [1.165, 1.54) is 30.6 Å². The van der Waals surface area contributed by atoms with E-state index in [4.69, 9.17) is 4.74 Å². The van der Waals surface area contributed by atoms with Crippen LogP contribution in [0.25, 0.3) is 0 Å². The Labute approximate surface area is 167 Å². The highest BCUT2D eigenvalue weighted by atomic mass is 32.2. The van der Waals surface area contributed by atoms with Gasteiger partial charge in [-0.3, -0.25) is 4.72 Å². The van der Waals surface area contributed by atoms with Crippen LogP contribution in [0.15, 0.2) is 46.8 Å². The van der Waals surface area contributed by atoms with Gasteiger partial charge in [0, 0.05) is 0 Å². The molecule has 0 saturated heterocycles. The molecule has 12 heteroatoms.